The largest absolute Gasteiger partial charge is 0.393 e. The minimum Gasteiger partial charge on any atom is -0.393 e. The Hall–Kier alpha value is -0.0800. The van der Waals surface area contributed by atoms with Crippen LogP contribution in [0.15, 0.2) is 0 Å². The molecule has 1 heterocycles. The molecule has 1 N–H and O–H groups in total. The fourth-order valence-electron chi connectivity index (χ4n) is 2.15. The van der Waals surface area contributed by atoms with Crippen molar-refractivity contribution in [2.45, 2.75) is 58.0 Å². The van der Waals surface area contributed by atoms with Crippen LogP contribution in [0.3, 0.4) is 0 Å². The molecule has 1 unspecified atom stereocenters. The van der Waals surface area contributed by atoms with E-state index in [1.54, 1.807) is 0 Å². The molecule has 0 spiro atoms. The molecule has 84 valence electrons. The third-order valence-corrected chi connectivity index (χ3v) is 3.04. The van der Waals surface area contributed by atoms with Crippen LogP contribution in [0.5, 0.6) is 0 Å². The summed E-state index contributed by atoms with van der Waals surface area (Å²) in [6.07, 6.45) is 8.98. The van der Waals surface area contributed by atoms with Gasteiger partial charge in [-0.25, -0.2) is 0 Å². The van der Waals surface area contributed by atoms with E-state index in [-0.39, 0.29) is 6.10 Å². The van der Waals surface area contributed by atoms with E-state index in [0.717, 1.165) is 12.8 Å². The zero-order valence-corrected chi connectivity index (χ0v) is 9.54. The molecule has 0 aromatic carbocycles. The predicted molar refractivity (Wildman–Crippen MR) is 60.4 cm³/mol. The molecule has 1 fully saturated rings. The van der Waals surface area contributed by atoms with Crippen molar-refractivity contribution in [1.82, 2.24) is 4.90 Å². The molecule has 1 saturated heterocycles. The highest BCUT2D eigenvalue weighted by Crippen LogP contribution is 2.11. The van der Waals surface area contributed by atoms with Gasteiger partial charge in [-0.1, -0.05) is 19.3 Å². The van der Waals surface area contributed by atoms with E-state index >= 15 is 0 Å². The number of aliphatic hydroxyl groups is 1. The third-order valence-electron chi connectivity index (χ3n) is 3.04. The van der Waals surface area contributed by atoms with Gasteiger partial charge in [0.15, 0.2) is 0 Å². The lowest BCUT2D eigenvalue weighted by Gasteiger charge is -2.24. The van der Waals surface area contributed by atoms with Crippen molar-refractivity contribution in [2.75, 3.05) is 19.6 Å². The number of rotatable bonds is 4. The summed E-state index contributed by atoms with van der Waals surface area (Å²) in [6, 6.07) is 0. The molecule has 0 bridgehead atoms. The average molecular weight is 199 g/mol. The summed E-state index contributed by atoms with van der Waals surface area (Å²) < 4.78 is 0. The van der Waals surface area contributed by atoms with Crippen LogP contribution in [0.2, 0.25) is 0 Å². The first-order chi connectivity index (χ1) is 6.79. The molecule has 1 atom stereocenters. The van der Waals surface area contributed by atoms with E-state index in [4.69, 9.17) is 5.11 Å². The molecule has 1 rings (SSSR count). The summed E-state index contributed by atoms with van der Waals surface area (Å²) >= 11 is 0. The highest BCUT2D eigenvalue weighted by Gasteiger charge is 2.07. The highest BCUT2D eigenvalue weighted by atomic mass is 16.3. The lowest BCUT2D eigenvalue weighted by Crippen LogP contribution is -2.28. The Morgan fingerprint density at radius 1 is 1.07 bits per heavy atom. The summed E-state index contributed by atoms with van der Waals surface area (Å²) in [5, 5.41) is 9.16. The SMILES string of the molecule is CC(O)CCCN1CCCCCCC1. The molecule has 1 aliphatic heterocycles. The number of nitrogens with zero attached hydrogens (tertiary/aromatic N) is 1. The normalized spacial score (nSPS) is 22.7. The van der Waals surface area contributed by atoms with E-state index in [1.807, 2.05) is 6.92 Å². The van der Waals surface area contributed by atoms with Crippen molar-refractivity contribution < 1.29 is 5.11 Å². The zero-order valence-electron chi connectivity index (χ0n) is 9.54. The second kappa shape index (κ2) is 7.24. The second-order valence-corrected chi connectivity index (χ2v) is 4.60. The fraction of sp³-hybridized carbons (Fsp3) is 1.00. The van der Waals surface area contributed by atoms with Gasteiger partial charge in [0.1, 0.15) is 0 Å². The minimum absolute atomic E-state index is 0.121. The monoisotopic (exact) mass is 199 g/mol. The number of hydrogen-bond acceptors (Lipinski definition) is 2. The Bertz CT molecular complexity index is 128. The first kappa shape index (κ1) is 12.0. The zero-order chi connectivity index (χ0) is 10.2. The predicted octanol–water partition coefficient (Wildman–Crippen LogP) is 2.41. The Morgan fingerprint density at radius 3 is 2.21 bits per heavy atom. The summed E-state index contributed by atoms with van der Waals surface area (Å²) in [4.78, 5) is 2.57. The van der Waals surface area contributed by atoms with Gasteiger partial charge in [0.2, 0.25) is 0 Å². The Morgan fingerprint density at radius 2 is 1.64 bits per heavy atom. The van der Waals surface area contributed by atoms with Crippen LogP contribution in [-0.2, 0) is 0 Å². The number of likely N-dealkylation sites (tertiary alicyclic amines) is 1. The molecular weight excluding hydrogens is 174 g/mol. The molecular formula is C12H25NO. The van der Waals surface area contributed by atoms with E-state index < -0.39 is 0 Å². The van der Waals surface area contributed by atoms with Crippen molar-refractivity contribution >= 4 is 0 Å². The Labute approximate surface area is 88.3 Å². The van der Waals surface area contributed by atoms with Crippen molar-refractivity contribution in [3.63, 3.8) is 0 Å². The summed E-state index contributed by atoms with van der Waals surface area (Å²) in [5.41, 5.74) is 0. The van der Waals surface area contributed by atoms with Gasteiger partial charge >= 0.3 is 0 Å². The van der Waals surface area contributed by atoms with Crippen LogP contribution in [0.4, 0.5) is 0 Å². The van der Waals surface area contributed by atoms with Gasteiger partial charge in [-0.3, -0.25) is 0 Å². The highest BCUT2D eigenvalue weighted by molar-refractivity contribution is 4.63. The average Bonchev–Trinajstić information content (AvgIpc) is 2.07. The molecule has 0 aromatic heterocycles. The maximum atomic E-state index is 9.16. The van der Waals surface area contributed by atoms with Crippen molar-refractivity contribution in [2.24, 2.45) is 0 Å². The van der Waals surface area contributed by atoms with Crippen LogP contribution in [-0.4, -0.2) is 35.7 Å². The fourth-order valence-corrected chi connectivity index (χ4v) is 2.15. The topological polar surface area (TPSA) is 23.5 Å². The van der Waals surface area contributed by atoms with E-state index in [2.05, 4.69) is 4.90 Å². The lowest BCUT2D eigenvalue weighted by molar-refractivity contribution is 0.168. The second-order valence-electron chi connectivity index (χ2n) is 4.60. The van der Waals surface area contributed by atoms with E-state index in [0.29, 0.717) is 0 Å². The Kier molecular flexibility index (Phi) is 6.20. The number of aliphatic hydroxyl groups excluding tert-OH is 1. The summed E-state index contributed by atoms with van der Waals surface area (Å²) in [7, 11) is 0. The van der Waals surface area contributed by atoms with Crippen LogP contribution in [0.25, 0.3) is 0 Å². The maximum Gasteiger partial charge on any atom is 0.0512 e. The van der Waals surface area contributed by atoms with Gasteiger partial charge in [0.25, 0.3) is 0 Å². The molecule has 0 aromatic rings. The van der Waals surface area contributed by atoms with E-state index in [9.17, 15) is 0 Å². The van der Waals surface area contributed by atoms with Gasteiger partial charge in [0.05, 0.1) is 6.10 Å². The Balaban J connectivity index is 2.08. The van der Waals surface area contributed by atoms with Crippen LogP contribution < -0.4 is 0 Å². The quantitative estimate of drug-likeness (QED) is 0.751. The lowest BCUT2D eigenvalue weighted by atomic mass is 10.1. The minimum atomic E-state index is -0.121. The molecule has 1 aliphatic rings. The maximum absolute atomic E-state index is 9.16. The van der Waals surface area contributed by atoms with Gasteiger partial charge in [-0.2, -0.15) is 0 Å². The molecule has 0 aliphatic carbocycles. The molecule has 14 heavy (non-hydrogen) atoms. The molecule has 0 radical (unpaired) electrons. The standard InChI is InChI=1S/C12H25NO/c1-12(14)8-7-11-13-9-5-3-2-4-6-10-13/h12,14H,2-11H2,1H3. The van der Waals surface area contributed by atoms with Gasteiger partial charge in [0, 0.05) is 0 Å². The summed E-state index contributed by atoms with van der Waals surface area (Å²) in [5.74, 6) is 0. The number of hydrogen-bond donors (Lipinski definition) is 1. The first-order valence-electron chi connectivity index (χ1n) is 6.19. The summed E-state index contributed by atoms with van der Waals surface area (Å²) in [6.45, 7) is 5.62. The van der Waals surface area contributed by atoms with Gasteiger partial charge < -0.3 is 10.0 Å². The van der Waals surface area contributed by atoms with Crippen LogP contribution in [0, 0.1) is 0 Å². The van der Waals surface area contributed by atoms with Crippen LogP contribution in [0.1, 0.15) is 51.9 Å². The van der Waals surface area contributed by atoms with Crippen molar-refractivity contribution in [1.29, 1.82) is 0 Å². The van der Waals surface area contributed by atoms with Gasteiger partial charge in [-0.15, -0.1) is 0 Å². The van der Waals surface area contributed by atoms with Crippen molar-refractivity contribution in [3.05, 3.63) is 0 Å². The third kappa shape index (κ3) is 5.61. The van der Waals surface area contributed by atoms with Gasteiger partial charge in [-0.05, 0) is 52.2 Å². The first-order valence-corrected chi connectivity index (χ1v) is 6.19. The molecule has 0 saturated carbocycles. The molecule has 2 nitrogen and oxygen atoms in total. The smallest absolute Gasteiger partial charge is 0.0512 e. The molecule has 0 amide bonds. The van der Waals surface area contributed by atoms with Crippen LogP contribution >= 0.6 is 0 Å². The van der Waals surface area contributed by atoms with E-state index in [1.165, 1.54) is 51.7 Å². The van der Waals surface area contributed by atoms with Crippen molar-refractivity contribution in [3.8, 4) is 0 Å². The molecule has 2 heteroatoms.